The molecule has 0 N–H and O–H groups in total. The highest BCUT2D eigenvalue weighted by molar-refractivity contribution is 7.07. The third-order valence-corrected chi connectivity index (χ3v) is 7.24. The van der Waals surface area contributed by atoms with Crippen LogP contribution in [0.25, 0.3) is 6.08 Å². The fourth-order valence-corrected chi connectivity index (χ4v) is 5.54. The molecule has 1 aromatic heterocycles. The van der Waals surface area contributed by atoms with E-state index in [9.17, 15) is 19.7 Å². The highest BCUT2D eigenvalue weighted by atomic mass is 32.1. The number of nitro benzene ring substituents is 1. The third-order valence-electron chi connectivity index (χ3n) is 6.25. The monoisotopic (exact) mass is 553 g/mol. The van der Waals surface area contributed by atoms with E-state index in [2.05, 4.69) is 4.99 Å². The van der Waals surface area contributed by atoms with Gasteiger partial charge in [-0.15, -0.1) is 0 Å². The van der Waals surface area contributed by atoms with Gasteiger partial charge in [0.25, 0.3) is 11.2 Å². The Kier molecular flexibility index (Phi) is 6.83. The zero-order valence-corrected chi connectivity index (χ0v) is 22.2. The lowest BCUT2D eigenvalue weighted by molar-refractivity contribution is -0.385. The average Bonchev–Trinajstić information content (AvgIpc) is 3.50. The number of fused-ring (bicyclic) bond motifs is 2. The Morgan fingerprint density at radius 2 is 1.97 bits per heavy atom. The average molecular weight is 554 g/mol. The molecule has 2 aromatic carbocycles. The molecule has 0 fully saturated rings. The van der Waals surface area contributed by atoms with Crippen LogP contribution in [-0.4, -0.2) is 43.1 Å². The van der Waals surface area contributed by atoms with Gasteiger partial charge in [0.05, 0.1) is 53.2 Å². The number of methoxy groups -OCH3 is 2. The standard InChI is InChI=1S/C26H23N3O9S/c1-5-36-25(31)22-13(2)27-26-28(23(22)16-10-15(34-3)6-7-18(16)35-4)24(30)21(39-26)9-14-8-19-20(38-12-37-19)11-17(14)29(32)33/h6-11,23H,5,12H2,1-4H3/b21-9-/t23-/m0/s1. The summed E-state index contributed by atoms with van der Waals surface area (Å²) in [6, 6.07) is 6.82. The van der Waals surface area contributed by atoms with E-state index in [1.165, 1.54) is 37.0 Å². The lowest BCUT2D eigenvalue weighted by Gasteiger charge is -2.26. The van der Waals surface area contributed by atoms with E-state index >= 15 is 0 Å². The number of ether oxygens (including phenoxy) is 5. The van der Waals surface area contributed by atoms with Gasteiger partial charge in [-0.1, -0.05) is 11.3 Å². The van der Waals surface area contributed by atoms with Crippen molar-refractivity contribution in [3.8, 4) is 23.0 Å². The van der Waals surface area contributed by atoms with Crippen molar-refractivity contribution in [1.82, 2.24) is 4.57 Å². The smallest absolute Gasteiger partial charge is 0.338 e. The van der Waals surface area contributed by atoms with Crippen LogP contribution >= 0.6 is 11.3 Å². The number of benzene rings is 2. The van der Waals surface area contributed by atoms with Gasteiger partial charge in [0, 0.05) is 5.56 Å². The number of hydrogen-bond acceptors (Lipinski definition) is 11. The molecule has 0 aliphatic carbocycles. The molecule has 0 saturated carbocycles. The van der Waals surface area contributed by atoms with E-state index in [-0.39, 0.29) is 40.5 Å². The predicted molar refractivity (Wildman–Crippen MR) is 139 cm³/mol. The van der Waals surface area contributed by atoms with E-state index in [4.69, 9.17) is 23.7 Å². The number of nitro groups is 1. The molecule has 5 rings (SSSR count). The number of esters is 1. The second-order valence-electron chi connectivity index (χ2n) is 8.43. The number of allylic oxidation sites excluding steroid dienone is 1. The first-order valence-corrected chi connectivity index (χ1v) is 12.6. The van der Waals surface area contributed by atoms with Gasteiger partial charge < -0.3 is 23.7 Å². The Balaban J connectivity index is 1.78. The summed E-state index contributed by atoms with van der Waals surface area (Å²) in [5.41, 5.74) is 0.415. The predicted octanol–water partition coefficient (Wildman–Crippen LogP) is 2.45. The summed E-state index contributed by atoms with van der Waals surface area (Å²) in [6.07, 6.45) is 1.41. The van der Waals surface area contributed by atoms with E-state index in [1.807, 2.05) is 0 Å². The van der Waals surface area contributed by atoms with Crippen molar-refractivity contribution in [3.63, 3.8) is 0 Å². The molecule has 0 saturated heterocycles. The van der Waals surface area contributed by atoms with Crippen molar-refractivity contribution < 1.29 is 33.4 Å². The molecule has 0 radical (unpaired) electrons. The van der Waals surface area contributed by atoms with E-state index < -0.39 is 22.5 Å². The summed E-state index contributed by atoms with van der Waals surface area (Å²) >= 11 is 1.04. The summed E-state index contributed by atoms with van der Waals surface area (Å²) in [6.45, 7) is 3.40. The molecular weight excluding hydrogens is 530 g/mol. The second-order valence-corrected chi connectivity index (χ2v) is 9.44. The molecule has 0 spiro atoms. The lowest BCUT2D eigenvalue weighted by atomic mass is 9.94. The van der Waals surface area contributed by atoms with E-state index in [0.29, 0.717) is 33.3 Å². The number of nitrogens with zero attached hydrogens (tertiary/aromatic N) is 3. The number of carbonyl (C=O) groups is 1. The summed E-state index contributed by atoms with van der Waals surface area (Å²) in [4.78, 5) is 43.1. The maximum atomic E-state index is 13.9. The zero-order valence-electron chi connectivity index (χ0n) is 21.4. The Morgan fingerprint density at radius 1 is 1.23 bits per heavy atom. The fourth-order valence-electron chi connectivity index (χ4n) is 4.50. The number of aromatic nitrogens is 1. The van der Waals surface area contributed by atoms with Crippen LogP contribution in [0.5, 0.6) is 23.0 Å². The van der Waals surface area contributed by atoms with Crippen molar-refractivity contribution in [2.45, 2.75) is 19.9 Å². The molecule has 2 aliphatic rings. The first-order chi connectivity index (χ1) is 18.8. The number of thiazole rings is 1. The van der Waals surface area contributed by atoms with Crippen molar-refractivity contribution >= 4 is 29.1 Å². The van der Waals surface area contributed by atoms with Gasteiger partial charge in [0.1, 0.15) is 17.5 Å². The molecule has 0 amide bonds. The molecule has 12 nitrogen and oxygen atoms in total. The van der Waals surface area contributed by atoms with Crippen LogP contribution in [-0.2, 0) is 9.53 Å². The van der Waals surface area contributed by atoms with E-state index in [1.54, 1.807) is 32.0 Å². The molecule has 2 aliphatic heterocycles. The molecule has 1 atom stereocenters. The van der Waals surface area contributed by atoms with Gasteiger partial charge in [-0.3, -0.25) is 19.5 Å². The summed E-state index contributed by atoms with van der Waals surface area (Å²) in [5, 5.41) is 11.8. The van der Waals surface area contributed by atoms with Crippen LogP contribution in [0.2, 0.25) is 0 Å². The Morgan fingerprint density at radius 3 is 2.64 bits per heavy atom. The maximum Gasteiger partial charge on any atom is 0.338 e. The quantitative estimate of drug-likeness (QED) is 0.245. The molecule has 0 unspecified atom stereocenters. The first kappa shape index (κ1) is 26.0. The van der Waals surface area contributed by atoms with Crippen molar-refractivity contribution in [3.05, 3.63) is 82.5 Å². The molecule has 3 aromatic rings. The van der Waals surface area contributed by atoms with Gasteiger partial charge in [0.2, 0.25) is 6.79 Å². The van der Waals surface area contributed by atoms with Gasteiger partial charge in [-0.05, 0) is 44.2 Å². The van der Waals surface area contributed by atoms with Gasteiger partial charge in [-0.2, -0.15) is 0 Å². The first-order valence-electron chi connectivity index (χ1n) is 11.8. The SMILES string of the molecule is CCOC(=O)C1=C(C)N=c2s/c(=C\c3cc4c(cc3[N+](=O)[O-])OCO4)c(=O)n2[C@H]1c1cc(OC)ccc1OC. The van der Waals surface area contributed by atoms with Crippen molar-refractivity contribution in [2.24, 2.45) is 4.99 Å². The fraction of sp³-hybridized carbons (Fsp3) is 0.269. The topological polar surface area (TPSA) is 141 Å². The molecule has 13 heteroatoms. The third kappa shape index (κ3) is 4.50. The molecule has 3 heterocycles. The van der Waals surface area contributed by atoms with Gasteiger partial charge in [-0.25, -0.2) is 9.79 Å². The normalized spacial score (nSPS) is 16.0. The van der Waals surface area contributed by atoms with Crippen LogP contribution in [0.15, 0.2) is 51.4 Å². The highest BCUT2D eigenvalue weighted by Gasteiger charge is 2.35. The minimum Gasteiger partial charge on any atom is -0.497 e. The van der Waals surface area contributed by atoms with Crippen LogP contribution in [0.1, 0.15) is 31.0 Å². The Bertz CT molecular complexity index is 1720. The number of hydrogen-bond donors (Lipinski definition) is 0. The highest BCUT2D eigenvalue weighted by Crippen LogP contribution is 2.39. The zero-order chi connectivity index (χ0) is 27.8. The summed E-state index contributed by atoms with van der Waals surface area (Å²) in [7, 11) is 2.98. The molecular formula is C26H23N3O9S. The number of rotatable bonds is 7. The lowest BCUT2D eigenvalue weighted by Crippen LogP contribution is -2.40. The molecule has 202 valence electrons. The van der Waals surface area contributed by atoms with Crippen LogP contribution in [0.3, 0.4) is 0 Å². The van der Waals surface area contributed by atoms with Crippen LogP contribution < -0.4 is 33.8 Å². The van der Waals surface area contributed by atoms with Gasteiger partial charge >= 0.3 is 5.97 Å². The molecule has 39 heavy (non-hydrogen) atoms. The Hall–Kier alpha value is -4.65. The van der Waals surface area contributed by atoms with Crippen LogP contribution in [0.4, 0.5) is 5.69 Å². The minimum absolute atomic E-state index is 0.0591. The summed E-state index contributed by atoms with van der Waals surface area (Å²) in [5.74, 6) is 0.855. The van der Waals surface area contributed by atoms with Gasteiger partial charge in [0.15, 0.2) is 16.3 Å². The summed E-state index contributed by atoms with van der Waals surface area (Å²) < 4.78 is 28.5. The molecule has 0 bridgehead atoms. The number of carbonyl (C=O) groups excluding carboxylic acids is 1. The Labute approximate surface area is 225 Å². The van der Waals surface area contributed by atoms with Crippen molar-refractivity contribution in [1.29, 1.82) is 0 Å². The minimum atomic E-state index is -0.959. The van der Waals surface area contributed by atoms with E-state index in [0.717, 1.165) is 11.3 Å². The van der Waals surface area contributed by atoms with Crippen molar-refractivity contribution in [2.75, 3.05) is 27.6 Å². The second kappa shape index (κ2) is 10.3. The largest absolute Gasteiger partial charge is 0.497 e. The maximum absolute atomic E-state index is 13.9. The van der Waals surface area contributed by atoms with Crippen LogP contribution in [0, 0.1) is 10.1 Å².